The molecule has 2 aliphatic heterocycles. The lowest BCUT2D eigenvalue weighted by Gasteiger charge is -2.46. The van der Waals surface area contributed by atoms with Gasteiger partial charge in [-0.15, -0.1) is 0 Å². The van der Waals surface area contributed by atoms with E-state index in [1.807, 2.05) is 0 Å². The number of amides is 2. The Balaban J connectivity index is 1.68. The number of hydrogen-bond acceptors (Lipinski definition) is 8. The summed E-state index contributed by atoms with van der Waals surface area (Å²) in [6, 6.07) is 6.40. The molecule has 172 valence electrons. The number of Topliss-reactive ketones (excluding diaryl/α,β-unsaturated/α-hetero) is 1. The number of likely N-dealkylation sites (N-methyl/N-ethyl adjacent to an activating group) is 1. The van der Waals surface area contributed by atoms with Gasteiger partial charge in [-0.3, -0.25) is 33.2 Å². The van der Waals surface area contributed by atoms with E-state index >= 15 is 0 Å². The Hall–Kier alpha value is -4.22. The lowest BCUT2D eigenvalue weighted by molar-refractivity contribution is -0.155. The van der Waals surface area contributed by atoms with Crippen LogP contribution in [0.3, 0.4) is 0 Å². The summed E-state index contributed by atoms with van der Waals surface area (Å²) in [6.45, 7) is -0.871. The molecule has 2 aromatic rings. The number of esters is 1. The molecule has 0 saturated carbocycles. The van der Waals surface area contributed by atoms with E-state index in [0.29, 0.717) is 4.57 Å². The molecule has 0 aliphatic carbocycles. The van der Waals surface area contributed by atoms with Crippen LogP contribution in [-0.4, -0.2) is 56.9 Å². The van der Waals surface area contributed by atoms with Crippen molar-refractivity contribution in [2.45, 2.75) is 18.5 Å². The van der Waals surface area contributed by atoms with Crippen LogP contribution in [-0.2, 0) is 28.4 Å². The van der Waals surface area contributed by atoms with Crippen LogP contribution in [0, 0.1) is 0 Å². The first kappa shape index (κ1) is 22.0. The van der Waals surface area contributed by atoms with E-state index in [2.05, 4.69) is 0 Å². The minimum Gasteiger partial charge on any atom is -0.454 e. The topological polar surface area (TPSA) is 154 Å². The van der Waals surface area contributed by atoms with E-state index in [4.69, 9.17) is 10.5 Å². The summed E-state index contributed by atoms with van der Waals surface area (Å²) in [6.07, 6.45) is -0.0392. The third-order valence-electron chi connectivity index (χ3n) is 6.19. The predicted molar refractivity (Wildman–Crippen MR) is 115 cm³/mol. The molecule has 3 heterocycles. The zero-order valence-electron chi connectivity index (χ0n) is 18.2. The van der Waals surface area contributed by atoms with Crippen LogP contribution in [0.5, 0.6) is 0 Å². The number of aromatic nitrogens is 2. The third kappa shape index (κ3) is 2.90. The predicted octanol–water partition coefficient (Wildman–Crippen LogP) is -0.999. The molecule has 2 amide bonds. The number of nitrogens with two attached hydrogens (primary N) is 1. The number of fused-ring (bicyclic) bond motifs is 3. The molecule has 2 N–H and O–H groups in total. The van der Waals surface area contributed by atoms with Gasteiger partial charge >= 0.3 is 11.7 Å². The van der Waals surface area contributed by atoms with Gasteiger partial charge in [0.1, 0.15) is 11.4 Å². The van der Waals surface area contributed by atoms with Gasteiger partial charge in [0.15, 0.2) is 6.61 Å². The van der Waals surface area contributed by atoms with Crippen molar-refractivity contribution in [1.82, 2.24) is 14.0 Å². The van der Waals surface area contributed by atoms with E-state index in [-0.39, 0.29) is 35.8 Å². The molecule has 0 bridgehead atoms. The Morgan fingerprint density at radius 1 is 1.06 bits per heavy atom. The standard InChI is InChI=1S/C21H21N5O7/c1-23-16(22)15(18(30)24(2)20(23)32)13(27)10-33-19(31)21-9-8-14(28)26(21)12-7-5-4-6-11(12)17(29)25(21)3/h4-7H,8-10,22H2,1-3H3. The van der Waals surface area contributed by atoms with E-state index in [1.54, 1.807) is 24.3 Å². The fraction of sp³-hybridized carbons (Fsp3) is 0.333. The number of carbonyl (C=O) groups is 4. The lowest BCUT2D eigenvalue weighted by atomic mass is 9.97. The fourth-order valence-electron chi connectivity index (χ4n) is 4.33. The summed E-state index contributed by atoms with van der Waals surface area (Å²) in [4.78, 5) is 78.4. The van der Waals surface area contributed by atoms with Gasteiger partial charge in [-0.05, 0) is 12.1 Å². The Bertz CT molecular complexity index is 1360. The highest BCUT2D eigenvalue weighted by Crippen LogP contribution is 2.44. The smallest absolute Gasteiger partial charge is 0.354 e. The summed E-state index contributed by atoms with van der Waals surface area (Å²) >= 11 is 0. The lowest BCUT2D eigenvalue weighted by Crippen LogP contribution is -2.67. The number of anilines is 2. The molecule has 1 fully saturated rings. The quantitative estimate of drug-likeness (QED) is 0.455. The second-order valence-electron chi connectivity index (χ2n) is 7.89. The Labute approximate surface area is 186 Å². The maximum atomic E-state index is 13.3. The number of benzene rings is 1. The summed E-state index contributed by atoms with van der Waals surface area (Å²) < 4.78 is 6.88. The van der Waals surface area contributed by atoms with Crippen LogP contribution in [0.2, 0.25) is 0 Å². The molecule has 12 nitrogen and oxygen atoms in total. The Morgan fingerprint density at radius 3 is 2.42 bits per heavy atom. The summed E-state index contributed by atoms with van der Waals surface area (Å²) in [5.74, 6) is -3.13. The van der Waals surface area contributed by atoms with E-state index in [0.717, 1.165) is 9.47 Å². The number of para-hydroxylation sites is 1. The third-order valence-corrected chi connectivity index (χ3v) is 6.19. The minimum absolute atomic E-state index is 0.0106. The van der Waals surface area contributed by atoms with Crippen molar-refractivity contribution in [2.75, 3.05) is 24.3 Å². The first-order valence-corrected chi connectivity index (χ1v) is 10.00. The number of ether oxygens (including phenoxy) is 1. The van der Waals surface area contributed by atoms with Crippen molar-refractivity contribution in [3.05, 3.63) is 56.2 Å². The van der Waals surface area contributed by atoms with Crippen LogP contribution in [0.25, 0.3) is 0 Å². The van der Waals surface area contributed by atoms with Crippen LogP contribution in [0.1, 0.15) is 33.6 Å². The molecule has 0 spiro atoms. The zero-order valence-corrected chi connectivity index (χ0v) is 18.2. The zero-order chi connectivity index (χ0) is 24.2. The molecule has 1 saturated heterocycles. The molecule has 33 heavy (non-hydrogen) atoms. The molecule has 2 aliphatic rings. The van der Waals surface area contributed by atoms with Gasteiger partial charge in [-0.25, -0.2) is 9.59 Å². The van der Waals surface area contributed by atoms with E-state index in [1.165, 1.54) is 26.0 Å². The van der Waals surface area contributed by atoms with Gasteiger partial charge in [-0.1, -0.05) is 12.1 Å². The van der Waals surface area contributed by atoms with E-state index < -0.39 is 46.7 Å². The highest BCUT2D eigenvalue weighted by Gasteiger charge is 2.60. The van der Waals surface area contributed by atoms with Gasteiger partial charge in [-0.2, -0.15) is 0 Å². The average molecular weight is 455 g/mol. The molecular formula is C21H21N5O7. The summed E-state index contributed by atoms with van der Waals surface area (Å²) in [5, 5.41) is 0. The van der Waals surface area contributed by atoms with Crippen molar-refractivity contribution in [1.29, 1.82) is 0 Å². The summed E-state index contributed by atoms with van der Waals surface area (Å²) in [5.41, 5.74) is 2.42. The van der Waals surface area contributed by atoms with Crippen molar-refractivity contribution in [2.24, 2.45) is 14.1 Å². The first-order valence-electron chi connectivity index (χ1n) is 10.00. The van der Waals surface area contributed by atoms with Crippen molar-refractivity contribution >= 4 is 35.1 Å². The Morgan fingerprint density at radius 2 is 1.73 bits per heavy atom. The molecule has 4 rings (SSSR count). The number of ketones is 1. The molecule has 1 aromatic heterocycles. The molecule has 12 heteroatoms. The van der Waals surface area contributed by atoms with Crippen molar-refractivity contribution in [3.8, 4) is 0 Å². The second-order valence-corrected chi connectivity index (χ2v) is 7.89. The highest BCUT2D eigenvalue weighted by molar-refractivity contribution is 6.15. The Kier molecular flexibility index (Phi) is 4.95. The monoisotopic (exact) mass is 455 g/mol. The van der Waals surface area contributed by atoms with Gasteiger partial charge in [0, 0.05) is 34.0 Å². The number of hydrogen-bond donors (Lipinski definition) is 1. The molecular weight excluding hydrogens is 434 g/mol. The van der Waals surface area contributed by atoms with Gasteiger partial charge in [0.05, 0.1) is 11.3 Å². The highest BCUT2D eigenvalue weighted by atomic mass is 16.5. The van der Waals surface area contributed by atoms with Crippen molar-refractivity contribution in [3.63, 3.8) is 0 Å². The van der Waals surface area contributed by atoms with Crippen LogP contribution in [0.15, 0.2) is 33.9 Å². The first-order chi connectivity index (χ1) is 15.5. The second kappa shape index (κ2) is 7.43. The maximum absolute atomic E-state index is 13.3. The molecule has 1 aromatic carbocycles. The summed E-state index contributed by atoms with van der Waals surface area (Å²) in [7, 11) is 3.86. The molecule has 1 unspecified atom stereocenters. The molecule has 1 atom stereocenters. The van der Waals surface area contributed by atoms with Gasteiger partial charge < -0.3 is 15.4 Å². The minimum atomic E-state index is -1.76. The van der Waals surface area contributed by atoms with Crippen LogP contribution in [0.4, 0.5) is 11.5 Å². The average Bonchev–Trinajstić information content (AvgIpc) is 3.17. The van der Waals surface area contributed by atoms with Crippen LogP contribution >= 0.6 is 0 Å². The van der Waals surface area contributed by atoms with Crippen molar-refractivity contribution < 1.29 is 23.9 Å². The van der Waals surface area contributed by atoms with E-state index in [9.17, 15) is 28.8 Å². The van der Waals surface area contributed by atoms with Gasteiger partial charge in [0.25, 0.3) is 11.5 Å². The largest absolute Gasteiger partial charge is 0.454 e. The number of rotatable bonds is 4. The van der Waals surface area contributed by atoms with Crippen LogP contribution < -0.4 is 21.9 Å². The number of nitrogen functional groups attached to an aromatic ring is 1. The normalized spacial score (nSPS) is 19.4. The fourth-order valence-corrected chi connectivity index (χ4v) is 4.33. The number of carbonyl (C=O) groups excluding carboxylic acids is 4. The number of nitrogens with zero attached hydrogens (tertiary/aromatic N) is 4. The maximum Gasteiger partial charge on any atom is 0.354 e. The SMILES string of the molecule is CN1C(=O)c2ccccc2N2C(=O)CCC12C(=O)OCC(=O)c1c(N)n(C)c(=O)n(C)c1=O. The molecule has 0 radical (unpaired) electrons. The van der Waals surface area contributed by atoms with Gasteiger partial charge in [0.2, 0.25) is 17.4 Å².